The van der Waals surface area contributed by atoms with Crippen LogP contribution < -0.4 is 15.5 Å². The topological polar surface area (TPSA) is 36.5 Å². The fourth-order valence-electron chi connectivity index (χ4n) is 3.55. The first-order valence-electron chi connectivity index (χ1n) is 9.12. The highest BCUT2D eigenvalue weighted by atomic mass is 16.5. The lowest BCUT2D eigenvalue weighted by Gasteiger charge is -2.30. The van der Waals surface area contributed by atoms with E-state index in [1.54, 1.807) is 0 Å². The van der Waals surface area contributed by atoms with Gasteiger partial charge in [-0.15, -0.1) is 0 Å². The van der Waals surface area contributed by atoms with Gasteiger partial charge in [-0.1, -0.05) is 29.8 Å². The molecular formula is C21H29N3O. The number of benzene rings is 2. The lowest BCUT2D eigenvalue weighted by molar-refractivity contribution is 0.123. The zero-order valence-electron chi connectivity index (χ0n) is 15.6. The fraction of sp³-hybridized carbons (Fsp3) is 0.429. The number of morpholine rings is 1. The molecule has 2 aromatic rings. The molecule has 4 nitrogen and oxygen atoms in total. The molecule has 3 rings (SSSR count). The van der Waals surface area contributed by atoms with E-state index in [1.165, 1.54) is 33.8 Å². The second-order valence-corrected chi connectivity index (χ2v) is 6.74. The van der Waals surface area contributed by atoms with Gasteiger partial charge in [-0.25, -0.2) is 0 Å². The van der Waals surface area contributed by atoms with Gasteiger partial charge in [0.1, 0.15) is 0 Å². The van der Waals surface area contributed by atoms with E-state index in [4.69, 9.17) is 4.74 Å². The monoisotopic (exact) mass is 339 g/mol. The van der Waals surface area contributed by atoms with Gasteiger partial charge >= 0.3 is 0 Å². The number of hydrogen-bond acceptors (Lipinski definition) is 4. The molecule has 0 atom stereocenters. The Bertz CT molecular complexity index is 685. The zero-order chi connectivity index (χ0) is 17.6. The Morgan fingerprint density at radius 1 is 0.920 bits per heavy atom. The second-order valence-electron chi connectivity index (χ2n) is 6.74. The van der Waals surface area contributed by atoms with Crippen molar-refractivity contribution >= 4 is 17.1 Å². The van der Waals surface area contributed by atoms with Crippen molar-refractivity contribution in [2.75, 3.05) is 54.9 Å². The lowest BCUT2D eigenvalue weighted by atomic mass is 10.1. The smallest absolute Gasteiger partial charge is 0.0642 e. The maximum absolute atomic E-state index is 5.47. The molecule has 1 saturated heterocycles. The van der Waals surface area contributed by atoms with Crippen LogP contribution in [0.1, 0.15) is 16.7 Å². The molecule has 0 aromatic heterocycles. The Kier molecular flexibility index (Phi) is 5.82. The number of aryl methyl sites for hydroxylation is 3. The molecule has 2 N–H and O–H groups in total. The van der Waals surface area contributed by atoms with Crippen molar-refractivity contribution in [3.63, 3.8) is 0 Å². The van der Waals surface area contributed by atoms with Gasteiger partial charge in [-0.2, -0.15) is 0 Å². The number of rotatable bonds is 6. The van der Waals surface area contributed by atoms with Crippen molar-refractivity contribution in [1.82, 2.24) is 0 Å². The summed E-state index contributed by atoms with van der Waals surface area (Å²) in [5.74, 6) is 0. The largest absolute Gasteiger partial charge is 0.383 e. The van der Waals surface area contributed by atoms with Gasteiger partial charge in [0.2, 0.25) is 0 Å². The molecule has 2 aromatic carbocycles. The third-order valence-corrected chi connectivity index (χ3v) is 4.68. The molecular weight excluding hydrogens is 310 g/mol. The van der Waals surface area contributed by atoms with Crippen molar-refractivity contribution in [3.05, 3.63) is 53.1 Å². The van der Waals surface area contributed by atoms with Crippen molar-refractivity contribution in [2.45, 2.75) is 20.8 Å². The highest BCUT2D eigenvalue weighted by Crippen LogP contribution is 2.26. The van der Waals surface area contributed by atoms with Gasteiger partial charge in [0, 0.05) is 31.9 Å². The first kappa shape index (κ1) is 17.6. The number of anilines is 3. The van der Waals surface area contributed by atoms with Crippen molar-refractivity contribution in [3.8, 4) is 0 Å². The average molecular weight is 339 g/mol. The standard InChI is InChI=1S/C21H29N3O/c1-16-14-17(2)21(18(3)15-16)23-9-8-22-19-6-4-5-7-20(19)24-10-12-25-13-11-24/h4-7,14-15,22-23H,8-13H2,1-3H3. The van der Waals surface area contributed by atoms with Crippen molar-refractivity contribution < 1.29 is 4.74 Å². The van der Waals surface area contributed by atoms with Crippen LogP contribution in [0.25, 0.3) is 0 Å². The van der Waals surface area contributed by atoms with Gasteiger partial charge in [-0.05, 0) is 44.0 Å². The summed E-state index contributed by atoms with van der Waals surface area (Å²) < 4.78 is 5.47. The summed E-state index contributed by atoms with van der Waals surface area (Å²) in [7, 11) is 0. The van der Waals surface area contributed by atoms with Crippen LogP contribution in [0.15, 0.2) is 36.4 Å². The Morgan fingerprint density at radius 3 is 2.28 bits per heavy atom. The van der Waals surface area contributed by atoms with Crippen LogP contribution in [-0.2, 0) is 4.74 Å². The maximum atomic E-state index is 5.47. The van der Waals surface area contributed by atoms with Gasteiger partial charge < -0.3 is 20.3 Å². The molecule has 134 valence electrons. The molecule has 4 heteroatoms. The van der Waals surface area contributed by atoms with E-state index in [1.807, 2.05) is 0 Å². The van der Waals surface area contributed by atoms with Crippen LogP contribution in [0, 0.1) is 20.8 Å². The number of hydrogen-bond donors (Lipinski definition) is 2. The number of para-hydroxylation sites is 2. The quantitative estimate of drug-likeness (QED) is 0.781. The Labute approximate surface area is 151 Å². The van der Waals surface area contributed by atoms with Crippen LogP contribution in [0.2, 0.25) is 0 Å². The Morgan fingerprint density at radius 2 is 1.56 bits per heavy atom. The molecule has 0 unspecified atom stereocenters. The van der Waals surface area contributed by atoms with Crippen molar-refractivity contribution in [1.29, 1.82) is 0 Å². The summed E-state index contributed by atoms with van der Waals surface area (Å²) in [5, 5.41) is 7.17. The van der Waals surface area contributed by atoms with Crippen molar-refractivity contribution in [2.24, 2.45) is 0 Å². The Balaban J connectivity index is 1.58. The van der Waals surface area contributed by atoms with E-state index in [9.17, 15) is 0 Å². The van der Waals surface area contributed by atoms with E-state index in [0.29, 0.717) is 0 Å². The second kappa shape index (κ2) is 8.26. The summed E-state index contributed by atoms with van der Waals surface area (Å²) in [6.45, 7) is 11.8. The fourth-order valence-corrected chi connectivity index (χ4v) is 3.55. The summed E-state index contributed by atoms with van der Waals surface area (Å²) in [5.41, 5.74) is 7.67. The molecule has 0 aliphatic carbocycles. The highest BCUT2D eigenvalue weighted by Gasteiger charge is 2.14. The summed E-state index contributed by atoms with van der Waals surface area (Å²) in [6.07, 6.45) is 0. The minimum absolute atomic E-state index is 0.807. The third-order valence-electron chi connectivity index (χ3n) is 4.68. The van der Waals surface area contributed by atoms with E-state index in [-0.39, 0.29) is 0 Å². The summed E-state index contributed by atoms with van der Waals surface area (Å²) in [6, 6.07) is 13.0. The SMILES string of the molecule is Cc1cc(C)c(NCCNc2ccccc2N2CCOCC2)c(C)c1. The number of nitrogens with zero attached hydrogens (tertiary/aromatic N) is 1. The van der Waals surface area contributed by atoms with Crippen LogP contribution in [0.3, 0.4) is 0 Å². The molecule has 25 heavy (non-hydrogen) atoms. The number of nitrogens with one attached hydrogen (secondary N) is 2. The average Bonchev–Trinajstić information content (AvgIpc) is 2.61. The highest BCUT2D eigenvalue weighted by molar-refractivity contribution is 5.70. The van der Waals surface area contributed by atoms with Gasteiger partial charge in [0.05, 0.1) is 24.6 Å². The molecule has 0 amide bonds. The van der Waals surface area contributed by atoms with E-state index in [2.05, 4.69) is 72.7 Å². The third kappa shape index (κ3) is 4.45. The Hall–Kier alpha value is -2.20. The van der Waals surface area contributed by atoms with Crippen LogP contribution in [0.4, 0.5) is 17.1 Å². The van der Waals surface area contributed by atoms with Crippen LogP contribution in [0.5, 0.6) is 0 Å². The summed E-state index contributed by atoms with van der Waals surface area (Å²) >= 11 is 0. The molecule has 0 saturated carbocycles. The van der Waals surface area contributed by atoms with E-state index in [0.717, 1.165) is 39.4 Å². The minimum atomic E-state index is 0.807. The maximum Gasteiger partial charge on any atom is 0.0642 e. The van der Waals surface area contributed by atoms with Crippen LogP contribution >= 0.6 is 0 Å². The normalized spacial score (nSPS) is 14.4. The van der Waals surface area contributed by atoms with Gasteiger partial charge in [-0.3, -0.25) is 0 Å². The molecule has 0 bridgehead atoms. The number of ether oxygens (including phenoxy) is 1. The van der Waals surface area contributed by atoms with E-state index < -0.39 is 0 Å². The predicted molar refractivity (Wildman–Crippen MR) is 107 cm³/mol. The zero-order valence-corrected chi connectivity index (χ0v) is 15.6. The molecule has 1 fully saturated rings. The first-order chi connectivity index (χ1) is 12.1. The first-order valence-corrected chi connectivity index (χ1v) is 9.12. The molecule has 1 aliphatic rings. The molecule has 1 heterocycles. The van der Waals surface area contributed by atoms with Crippen LogP contribution in [-0.4, -0.2) is 39.4 Å². The van der Waals surface area contributed by atoms with Gasteiger partial charge in [0.15, 0.2) is 0 Å². The molecule has 0 radical (unpaired) electrons. The minimum Gasteiger partial charge on any atom is -0.383 e. The molecule has 1 aliphatic heterocycles. The molecule has 0 spiro atoms. The van der Waals surface area contributed by atoms with Gasteiger partial charge in [0.25, 0.3) is 0 Å². The lowest BCUT2D eigenvalue weighted by Crippen LogP contribution is -2.36. The predicted octanol–water partition coefficient (Wildman–Crippen LogP) is 3.97. The van der Waals surface area contributed by atoms with E-state index >= 15 is 0 Å². The summed E-state index contributed by atoms with van der Waals surface area (Å²) in [4.78, 5) is 2.40.